The normalized spacial score (nSPS) is 9.95. The molecule has 0 atom stereocenters. The SMILES string of the molecule is CC(C)(C)OC(=O)c1ccc(NC=C(C#N)C#N)c(O)c1. The number of ether oxygens (including phenoxy) is 1. The molecule has 0 amide bonds. The van der Waals surface area contributed by atoms with Gasteiger partial charge in [0, 0.05) is 6.20 Å². The van der Waals surface area contributed by atoms with Crippen LogP contribution in [0.2, 0.25) is 0 Å². The minimum Gasteiger partial charge on any atom is -0.506 e. The predicted molar refractivity (Wildman–Crippen MR) is 76.2 cm³/mol. The summed E-state index contributed by atoms with van der Waals surface area (Å²) in [6.45, 7) is 5.24. The number of aromatic hydroxyl groups is 1. The summed E-state index contributed by atoms with van der Waals surface area (Å²) in [6, 6.07) is 7.54. The number of benzene rings is 1. The third-order valence-corrected chi connectivity index (χ3v) is 2.25. The zero-order valence-corrected chi connectivity index (χ0v) is 12.0. The third kappa shape index (κ3) is 4.88. The van der Waals surface area contributed by atoms with Crippen molar-refractivity contribution < 1.29 is 14.6 Å². The fourth-order valence-electron chi connectivity index (χ4n) is 1.36. The minimum atomic E-state index is -0.624. The molecule has 0 saturated heterocycles. The van der Waals surface area contributed by atoms with E-state index in [9.17, 15) is 9.90 Å². The van der Waals surface area contributed by atoms with E-state index in [-0.39, 0.29) is 22.6 Å². The van der Waals surface area contributed by atoms with Gasteiger partial charge in [0.05, 0.1) is 11.3 Å². The molecule has 1 rings (SSSR count). The van der Waals surface area contributed by atoms with Crippen LogP contribution in [0.5, 0.6) is 5.75 Å². The van der Waals surface area contributed by atoms with Crippen molar-refractivity contribution in [3.63, 3.8) is 0 Å². The zero-order chi connectivity index (χ0) is 16.0. The Hall–Kier alpha value is -2.99. The topological polar surface area (TPSA) is 106 Å². The molecule has 6 nitrogen and oxygen atoms in total. The summed E-state index contributed by atoms with van der Waals surface area (Å²) in [5.74, 6) is -0.737. The van der Waals surface area contributed by atoms with Gasteiger partial charge in [-0.2, -0.15) is 10.5 Å². The van der Waals surface area contributed by atoms with Gasteiger partial charge in [-0.1, -0.05) is 0 Å². The van der Waals surface area contributed by atoms with E-state index < -0.39 is 11.6 Å². The Morgan fingerprint density at radius 1 is 1.33 bits per heavy atom. The molecule has 6 heteroatoms. The second kappa shape index (κ2) is 6.44. The molecule has 0 aliphatic carbocycles. The maximum Gasteiger partial charge on any atom is 0.338 e. The molecule has 0 aliphatic heterocycles. The summed E-state index contributed by atoms with van der Waals surface area (Å²) in [5.41, 5.74) is -0.283. The molecule has 0 unspecified atom stereocenters. The Kier molecular flexibility index (Phi) is 4.93. The van der Waals surface area contributed by atoms with Crippen LogP contribution in [-0.2, 0) is 4.74 Å². The number of esters is 1. The fraction of sp³-hybridized carbons (Fsp3) is 0.267. The van der Waals surface area contributed by atoms with Crippen LogP contribution in [0.1, 0.15) is 31.1 Å². The molecule has 21 heavy (non-hydrogen) atoms. The molecule has 0 radical (unpaired) electrons. The van der Waals surface area contributed by atoms with Gasteiger partial charge in [0.25, 0.3) is 0 Å². The highest BCUT2D eigenvalue weighted by molar-refractivity contribution is 5.91. The van der Waals surface area contributed by atoms with Crippen LogP contribution < -0.4 is 5.32 Å². The van der Waals surface area contributed by atoms with Crippen LogP contribution in [0, 0.1) is 22.7 Å². The average molecular weight is 285 g/mol. The monoisotopic (exact) mass is 285 g/mol. The number of allylic oxidation sites excluding steroid dienone is 1. The molecule has 2 N–H and O–H groups in total. The number of hydrogen-bond acceptors (Lipinski definition) is 6. The van der Waals surface area contributed by atoms with Crippen molar-refractivity contribution in [1.29, 1.82) is 10.5 Å². The quantitative estimate of drug-likeness (QED) is 0.502. The molecule has 0 fully saturated rings. The van der Waals surface area contributed by atoms with Crippen LogP contribution in [0.3, 0.4) is 0 Å². The Labute approximate surface area is 122 Å². The number of carbonyl (C=O) groups excluding carboxylic acids is 1. The van der Waals surface area contributed by atoms with E-state index in [0.29, 0.717) is 0 Å². The summed E-state index contributed by atoms with van der Waals surface area (Å²) in [7, 11) is 0. The van der Waals surface area contributed by atoms with Gasteiger partial charge in [-0.15, -0.1) is 0 Å². The number of phenols is 1. The lowest BCUT2D eigenvalue weighted by atomic mass is 10.1. The molecule has 0 spiro atoms. The summed E-state index contributed by atoms with van der Waals surface area (Å²) < 4.78 is 5.18. The Balaban J connectivity index is 2.92. The highest BCUT2D eigenvalue weighted by Gasteiger charge is 2.18. The lowest BCUT2D eigenvalue weighted by Crippen LogP contribution is -2.23. The van der Waals surface area contributed by atoms with E-state index in [2.05, 4.69) is 5.32 Å². The summed E-state index contributed by atoms with van der Waals surface area (Å²) in [5, 5.41) is 29.6. The van der Waals surface area contributed by atoms with Crippen molar-refractivity contribution in [1.82, 2.24) is 0 Å². The van der Waals surface area contributed by atoms with Gasteiger partial charge >= 0.3 is 5.97 Å². The zero-order valence-electron chi connectivity index (χ0n) is 12.0. The largest absolute Gasteiger partial charge is 0.506 e. The molecule has 0 saturated carbocycles. The van der Waals surface area contributed by atoms with E-state index in [0.717, 1.165) is 0 Å². The Morgan fingerprint density at radius 3 is 2.43 bits per heavy atom. The lowest BCUT2D eigenvalue weighted by molar-refractivity contribution is 0.00692. The number of rotatable bonds is 3. The van der Waals surface area contributed by atoms with Crippen LogP contribution in [-0.4, -0.2) is 16.7 Å². The number of nitriles is 2. The van der Waals surface area contributed by atoms with E-state index in [4.69, 9.17) is 15.3 Å². The van der Waals surface area contributed by atoms with Gasteiger partial charge in [0.1, 0.15) is 29.1 Å². The molecule has 0 aromatic heterocycles. The van der Waals surface area contributed by atoms with Gasteiger partial charge in [-0.05, 0) is 39.0 Å². The molecule has 1 aromatic rings. The fourth-order valence-corrected chi connectivity index (χ4v) is 1.36. The van der Waals surface area contributed by atoms with Crippen molar-refractivity contribution >= 4 is 11.7 Å². The van der Waals surface area contributed by atoms with Crippen molar-refractivity contribution in [2.24, 2.45) is 0 Å². The van der Waals surface area contributed by atoms with E-state index >= 15 is 0 Å². The average Bonchev–Trinajstić information content (AvgIpc) is 2.39. The van der Waals surface area contributed by atoms with Gasteiger partial charge in [-0.3, -0.25) is 0 Å². The highest BCUT2D eigenvalue weighted by Crippen LogP contribution is 2.25. The van der Waals surface area contributed by atoms with Crippen molar-refractivity contribution in [2.45, 2.75) is 26.4 Å². The van der Waals surface area contributed by atoms with Crippen LogP contribution in [0.25, 0.3) is 0 Å². The molecule has 108 valence electrons. The second-order valence-corrected chi connectivity index (χ2v) is 5.16. The van der Waals surface area contributed by atoms with Gasteiger partial charge in [0.15, 0.2) is 0 Å². The van der Waals surface area contributed by atoms with E-state index in [1.54, 1.807) is 32.9 Å². The summed E-state index contributed by atoms with van der Waals surface area (Å²) in [4.78, 5) is 11.8. The van der Waals surface area contributed by atoms with Crippen LogP contribution in [0.4, 0.5) is 5.69 Å². The van der Waals surface area contributed by atoms with Crippen LogP contribution in [0.15, 0.2) is 30.0 Å². The van der Waals surface area contributed by atoms with E-state index in [1.807, 2.05) is 0 Å². The number of anilines is 1. The molecular weight excluding hydrogens is 270 g/mol. The van der Waals surface area contributed by atoms with Crippen molar-refractivity contribution in [3.8, 4) is 17.9 Å². The predicted octanol–water partition coefficient (Wildman–Crippen LogP) is 2.69. The third-order valence-electron chi connectivity index (χ3n) is 2.25. The molecule has 1 aromatic carbocycles. The van der Waals surface area contributed by atoms with Gasteiger partial charge in [0.2, 0.25) is 0 Å². The number of carbonyl (C=O) groups is 1. The maximum absolute atomic E-state index is 11.8. The van der Waals surface area contributed by atoms with Crippen molar-refractivity contribution in [3.05, 3.63) is 35.5 Å². The smallest absolute Gasteiger partial charge is 0.338 e. The first-order chi connectivity index (χ1) is 9.76. The van der Waals surface area contributed by atoms with Gasteiger partial charge in [-0.25, -0.2) is 4.79 Å². The summed E-state index contributed by atoms with van der Waals surface area (Å²) >= 11 is 0. The summed E-state index contributed by atoms with van der Waals surface area (Å²) in [6.07, 6.45) is 1.17. The van der Waals surface area contributed by atoms with E-state index in [1.165, 1.54) is 24.4 Å². The first-order valence-corrected chi connectivity index (χ1v) is 6.10. The number of nitrogens with one attached hydrogen (secondary N) is 1. The number of hydrogen-bond donors (Lipinski definition) is 2. The first kappa shape index (κ1) is 16.1. The standard InChI is InChI=1S/C15H15N3O3/c1-15(2,3)21-14(20)11-4-5-12(13(19)6-11)18-9-10(7-16)8-17/h4-6,9,18-19H,1-3H3. The molecule has 0 bridgehead atoms. The molecule has 0 aliphatic rings. The number of nitrogens with zero attached hydrogens (tertiary/aromatic N) is 2. The maximum atomic E-state index is 11.8. The lowest BCUT2D eigenvalue weighted by Gasteiger charge is -2.19. The molecular formula is C15H15N3O3. The number of phenolic OH excluding ortho intramolecular Hbond substituents is 1. The minimum absolute atomic E-state index is 0.134. The Bertz CT molecular complexity index is 642. The highest BCUT2D eigenvalue weighted by atomic mass is 16.6. The second-order valence-electron chi connectivity index (χ2n) is 5.16. The van der Waals surface area contributed by atoms with Crippen molar-refractivity contribution in [2.75, 3.05) is 5.32 Å². The Morgan fingerprint density at radius 2 is 1.95 bits per heavy atom. The first-order valence-electron chi connectivity index (χ1n) is 6.10. The van der Waals surface area contributed by atoms with Gasteiger partial charge < -0.3 is 15.2 Å². The molecule has 0 heterocycles. The van der Waals surface area contributed by atoms with Crippen LogP contribution >= 0.6 is 0 Å².